The second-order valence-electron chi connectivity index (χ2n) is 4.30. The molecule has 3 rings (SSSR count). The van der Waals surface area contributed by atoms with E-state index in [1.165, 1.54) is 22.0 Å². The van der Waals surface area contributed by atoms with E-state index in [4.69, 9.17) is 11.6 Å². The number of fused-ring (bicyclic) bond motifs is 1. The van der Waals surface area contributed by atoms with E-state index in [-0.39, 0.29) is 22.8 Å². The van der Waals surface area contributed by atoms with Gasteiger partial charge in [0, 0.05) is 7.05 Å². The Bertz CT molecular complexity index is 743. The van der Waals surface area contributed by atoms with Crippen molar-refractivity contribution < 1.29 is 14.0 Å². The summed E-state index contributed by atoms with van der Waals surface area (Å²) >= 11 is 5.64. The molecule has 0 bridgehead atoms. The molecule has 0 N–H and O–H groups in total. The molecule has 1 aromatic carbocycles. The van der Waals surface area contributed by atoms with Crippen LogP contribution < -0.4 is 4.90 Å². The summed E-state index contributed by atoms with van der Waals surface area (Å²) in [7, 11) is 1.66. The van der Waals surface area contributed by atoms with Crippen LogP contribution >= 0.6 is 11.6 Å². The van der Waals surface area contributed by atoms with Gasteiger partial charge in [-0.1, -0.05) is 11.6 Å². The zero-order valence-electron chi connectivity index (χ0n) is 10.3. The zero-order valence-corrected chi connectivity index (χ0v) is 11.1. The van der Waals surface area contributed by atoms with Crippen molar-refractivity contribution in [3.8, 4) is 0 Å². The Kier molecular flexibility index (Phi) is 2.79. The SMILES string of the molecule is Cn1ncnc1CN1C(=O)C(=O)c2cc(Cl)c(F)cc21. The fourth-order valence-electron chi connectivity index (χ4n) is 2.05. The molecular formula is C12H8ClFN4O2. The predicted molar refractivity (Wildman–Crippen MR) is 67.9 cm³/mol. The highest BCUT2D eigenvalue weighted by atomic mass is 35.5. The second-order valence-corrected chi connectivity index (χ2v) is 4.71. The van der Waals surface area contributed by atoms with Crippen molar-refractivity contribution in [3.63, 3.8) is 0 Å². The van der Waals surface area contributed by atoms with E-state index in [1.807, 2.05) is 0 Å². The Labute approximate surface area is 117 Å². The minimum atomic E-state index is -0.732. The van der Waals surface area contributed by atoms with Crippen molar-refractivity contribution in [1.82, 2.24) is 14.8 Å². The molecule has 2 heterocycles. The van der Waals surface area contributed by atoms with Crippen LogP contribution in [0.3, 0.4) is 0 Å². The molecule has 1 aliphatic heterocycles. The lowest BCUT2D eigenvalue weighted by molar-refractivity contribution is -0.114. The van der Waals surface area contributed by atoms with Gasteiger partial charge >= 0.3 is 0 Å². The zero-order chi connectivity index (χ0) is 14.4. The lowest BCUT2D eigenvalue weighted by Gasteiger charge is -2.15. The first-order valence-electron chi connectivity index (χ1n) is 5.67. The van der Waals surface area contributed by atoms with E-state index in [9.17, 15) is 14.0 Å². The quantitative estimate of drug-likeness (QED) is 0.784. The number of amides is 1. The van der Waals surface area contributed by atoms with Gasteiger partial charge in [0.15, 0.2) is 0 Å². The molecule has 102 valence electrons. The van der Waals surface area contributed by atoms with Gasteiger partial charge in [-0.05, 0) is 12.1 Å². The van der Waals surface area contributed by atoms with Gasteiger partial charge in [-0.25, -0.2) is 9.37 Å². The summed E-state index contributed by atoms with van der Waals surface area (Å²) in [5.74, 6) is -1.64. The smallest absolute Gasteiger partial charge is 0.297 e. The van der Waals surface area contributed by atoms with Crippen LogP contribution in [0.5, 0.6) is 0 Å². The molecule has 0 atom stereocenters. The van der Waals surface area contributed by atoms with Gasteiger partial charge in [-0.3, -0.25) is 19.2 Å². The minimum Gasteiger partial charge on any atom is -0.297 e. The number of halogens is 2. The van der Waals surface area contributed by atoms with Crippen molar-refractivity contribution >= 4 is 29.0 Å². The number of Topliss-reactive ketones (excluding diaryl/α,β-unsaturated/α-hetero) is 1. The monoisotopic (exact) mass is 294 g/mol. The number of anilines is 1. The lowest BCUT2D eigenvalue weighted by Crippen LogP contribution is -2.30. The maximum Gasteiger partial charge on any atom is 0.299 e. The molecule has 0 fully saturated rings. The molecular weight excluding hydrogens is 287 g/mol. The summed E-state index contributed by atoms with van der Waals surface area (Å²) in [4.78, 5) is 29.0. The Balaban J connectivity index is 2.06. The van der Waals surface area contributed by atoms with E-state index in [0.717, 1.165) is 6.07 Å². The molecule has 1 aromatic heterocycles. The number of hydrogen-bond acceptors (Lipinski definition) is 4. The number of ketones is 1. The van der Waals surface area contributed by atoms with Crippen molar-refractivity contribution in [1.29, 1.82) is 0 Å². The van der Waals surface area contributed by atoms with Crippen LogP contribution in [0.2, 0.25) is 5.02 Å². The van der Waals surface area contributed by atoms with Crippen LogP contribution in [-0.2, 0) is 18.4 Å². The molecule has 0 aliphatic carbocycles. The molecule has 0 spiro atoms. The van der Waals surface area contributed by atoms with Gasteiger partial charge in [0.1, 0.15) is 18.0 Å². The third-order valence-corrected chi connectivity index (χ3v) is 3.41. The van der Waals surface area contributed by atoms with Crippen LogP contribution in [0.25, 0.3) is 0 Å². The molecule has 0 saturated heterocycles. The number of aromatic nitrogens is 3. The summed E-state index contributed by atoms with van der Waals surface area (Å²) in [6.45, 7) is 0.0369. The summed E-state index contributed by atoms with van der Waals surface area (Å²) in [6, 6.07) is 2.25. The number of benzene rings is 1. The minimum absolute atomic E-state index is 0.0369. The highest BCUT2D eigenvalue weighted by molar-refractivity contribution is 6.52. The average molecular weight is 295 g/mol. The first-order chi connectivity index (χ1) is 9.49. The van der Waals surface area contributed by atoms with Crippen molar-refractivity contribution in [2.75, 3.05) is 4.90 Å². The molecule has 0 radical (unpaired) electrons. The predicted octanol–water partition coefficient (Wildman–Crippen LogP) is 1.34. The summed E-state index contributed by atoms with van der Waals surface area (Å²) in [6.07, 6.45) is 1.33. The summed E-state index contributed by atoms with van der Waals surface area (Å²) in [5, 5.41) is 3.69. The largest absolute Gasteiger partial charge is 0.299 e. The third kappa shape index (κ3) is 1.78. The normalized spacial score (nSPS) is 14.1. The van der Waals surface area contributed by atoms with Crippen LogP contribution in [-0.4, -0.2) is 26.5 Å². The third-order valence-electron chi connectivity index (χ3n) is 3.12. The topological polar surface area (TPSA) is 68.1 Å². The molecule has 0 saturated carbocycles. The van der Waals surface area contributed by atoms with Crippen LogP contribution in [0, 0.1) is 5.82 Å². The first-order valence-corrected chi connectivity index (χ1v) is 6.05. The van der Waals surface area contributed by atoms with Crippen LogP contribution in [0.4, 0.5) is 10.1 Å². The standard InChI is InChI=1S/C12H8ClFN4O2/c1-17-10(15-5-16-17)4-18-9-3-8(14)7(13)2-6(9)11(19)12(18)20/h2-3,5H,4H2,1H3. The average Bonchev–Trinajstić information content (AvgIpc) is 2.90. The molecule has 1 amide bonds. The highest BCUT2D eigenvalue weighted by Gasteiger charge is 2.37. The second kappa shape index (κ2) is 4.38. The van der Waals surface area contributed by atoms with E-state index in [0.29, 0.717) is 5.82 Å². The van der Waals surface area contributed by atoms with Gasteiger partial charge < -0.3 is 0 Å². The fraction of sp³-hybridized carbons (Fsp3) is 0.167. The lowest BCUT2D eigenvalue weighted by atomic mass is 10.1. The van der Waals surface area contributed by atoms with E-state index >= 15 is 0 Å². The van der Waals surface area contributed by atoms with E-state index < -0.39 is 17.5 Å². The number of nitrogens with zero attached hydrogens (tertiary/aromatic N) is 4. The van der Waals surface area contributed by atoms with Gasteiger partial charge in [0.05, 0.1) is 22.8 Å². The van der Waals surface area contributed by atoms with E-state index in [1.54, 1.807) is 7.05 Å². The summed E-state index contributed by atoms with van der Waals surface area (Å²) in [5.41, 5.74) is 0.300. The number of hydrogen-bond donors (Lipinski definition) is 0. The maximum atomic E-state index is 13.5. The Morgan fingerprint density at radius 2 is 2.10 bits per heavy atom. The van der Waals surface area contributed by atoms with Gasteiger partial charge in [0.2, 0.25) is 0 Å². The summed E-state index contributed by atoms with van der Waals surface area (Å²) < 4.78 is 15.0. The number of rotatable bonds is 2. The van der Waals surface area contributed by atoms with Gasteiger partial charge in [0.25, 0.3) is 11.7 Å². The molecule has 8 heteroatoms. The van der Waals surface area contributed by atoms with Crippen LogP contribution in [0.15, 0.2) is 18.5 Å². The molecule has 1 aliphatic rings. The Hall–Kier alpha value is -2.28. The fourth-order valence-corrected chi connectivity index (χ4v) is 2.21. The van der Waals surface area contributed by atoms with Crippen molar-refractivity contribution in [2.45, 2.75) is 6.54 Å². The number of aryl methyl sites for hydroxylation is 1. The Morgan fingerprint density at radius 1 is 1.35 bits per heavy atom. The number of carbonyl (C=O) groups excluding carboxylic acids is 2. The van der Waals surface area contributed by atoms with Gasteiger partial charge in [-0.15, -0.1) is 0 Å². The van der Waals surface area contributed by atoms with Crippen LogP contribution in [0.1, 0.15) is 16.2 Å². The highest BCUT2D eigenvalue weighted by Crippen LogP contribution is 2.33. The Morgan fingerprint density at radius 3 is 2.75 bits per heavy atom. The van der Waals surface area contributed by atoms with Gasteiger partial charge in [-0.2, -0.15) is 5.10 Å². The van der Waals surface area contributed by atoms with E-state index in [2.05, 4.69) is 10.1 Å². The first kappa shape index (κ1) is 12.7. The van der Waals surface area contributed by atoms with Crippen molar-refractivity contribution in [3.05, 3.63) is 40.7 Å². The molecule has 0 unspecified atom stereocenters. The number of carbonyl (C=O) groups is 2. The molecule has 6 nitrogen and oxygen atoms in total. The molecule has 2 aromatic rings. The maximum absolute atomic E-state index is 13.5. The van der Waals surface area contributed by atoms with Crippen molar-refractivity contribution in [2.24, 2.45) is 7.05 Å². The molecule has 20 heavy (non-hydrogen) atoms.